The average Bonchev–Trinajstić information content (AvgIpc) is 2.41. The molecule has 0 spiro atoms. The van der Waals surface area contributed by atoms with Gasteiger partial charge in [-0.1, -0.05) is 46.3 Å². The van der Waals surface area contributed by atoms with Gasteiger partial charge < -0.3 is 10.1 Å². The first-order valence-electron chi connectivity index (χ1n) is 5.93. The Labute approximate surface area is 116 Å². The first-order valence-corrected chi connectivity index (χ1v) is 6.73. The predicted molar refractivity (Wildman–Crippen MR) is 79.0 cm³/mol. The topological polar surface area (TPSA) is 21.3 Å². The number of nitrogens with one attached hydrogen (secondary N) is 1. The number of hydrogen-bond acceptors (Lipinski definition) is 2. The SMILES string of the molecule is CNCCOc1ccccc1-c1ccc(Br)cc1. The highest BCUT2D eigenvalue weighted by molar-refractivity contribution is 9.10. The lowest BCUT2D eigenvalue weighted by atomic mass is 10.1. The van der Waals surface area contributed by atoms with Crippen LogP contribution in [0.1, 0.15) is 0 Å². The number of hydrogen-bond donors (Lipinski definition) is 1. The Kier molecular flexibility index (Phi) is 4.79. The lowest BCUT2D eigenvalue weighted by Crippen LogP contribution is -2.16. The summed E-state index contributed by atoms with van der Waals surface area (Å²) < 4.78 is 6.87. The van der Waals surface area contributed by atoms with Crippen molar-refractivity contribution >= 4 is 15.9 Å². The smallest absolute Gasteiger partial charge is 0.127 e. The van der Waals surface area contributed by atoms with E-state index in [2.05, 4.69) is 39.4 Å². The van der Waals surface area contributed by atoms with Crippen LogP contribution >= 0.6 is 15.9 Å². The number of halogens is 1. The second-order valence-corrected chi connectivity index (χ2v) is 4.87. The fourth-order valence-corrected chi connectivity index (χ4v) is 1.99. The lowest BCUT2D eigenvalue weighted by Gasteiger charge is -2.11. The normalized spacial score (nSPS) is 10.3. The summed E-state index contributed by atoms with van der Waals surface area (Å²) in [6, 6.07) is 16.4. The lowest BCUT2D eigenvalue weighted by molar-refractivity contribution is 0.319. The van der Waals surface area contributed by atoms with E-state index in [1.165, 1.54) is 5.56 Å². The summed E-state index contributed by atoms with van der Waals surface area (Å²) in [5, 5.41) is 3.07. The molecule has 18 heavy (non-hydrogen) atoms. The van der Waals surface area contributed by atoms with Crippen molar-refractivity contribution in [2.45, 2.75) is 0 Å². The molecule has 2 nitrogen and oxygen atoms in total. The first kappa shape index (κ1) is 13.1. The fourth-order valence-electron chi connectivity index (χ4n) is 1.72. The van der Waals surface area contributed by atoms with E-state index >= 15 is 0 Å². The standard InChI is InChI=1S/C15H16BrNO/c1-17-10-11-18-15-5-3-2-4-14(15)12-6-8-13(16)9-7-12/h2-9,17H,10-11H2,1H3. The Bertz CT molecular complexity index is 496. The third-order valence-corrected chi connectivity index (χ3v) is 3.18. The van der Waals surface area contributed by atoms with E-state index < -0.39 is 0 Å². The van der Waals surface area contributed by atoms with Gasteiger partial charge in [-0.05, 0) is 30.8 Å². The summed E-state index contributed by atoms with van der Waals surface area (Å²) in [7, 11) is 1.92. The van der Waals surface area contributed by atoms with Crippen molar-refractivity contribution < 1.29 is 4.74 Å². The molecule has 0 amide bonds. The molecule has 0 saturated carbocycles. The van der Waals surface area contributed by atoms with Crippen molar-refractivity contribution in [1.82, 2.24) is 5.32 Å². The largest absolute Gasteiger partial charge is 0.492 e. The molecular formula is C15H16BrNO. The Morgan fingerprint density at radius 1 is 1.06 bits per heavy atom. The number of para-hydroxylation sites is 1. The molecule has 0 aromatic heterocycles. The van der Waals surface area contributed by atoms with Crippen LogP contribution in [0, 0.1) is 0 Å². The van der Waals surface area contributed by atoms with Gasteiger partial charge in [-0.2, -0.15) is 0 Å². The minimum absolute atomic E-state index is 0.671. The van der Waals surface area contributed by atoms with Gasteiger partial charge in [0.05, 0.1) is 0 Å². The molecule has 94 valence electrons. The van der Waals surface area contributed by atoms with E-state index in [9.17, 15) is 0 Å². The second kappa shape index (κ2) is 6.57. The summed E-state index contributed by atoms with van der Waals surface area (Å²) in [6.07, 6.45) is 0. The fraction of sp³-hybridized carbons (Fsp3) is 0.200. The van der Waals surface area contributed by atoms with E-state index in [0.29, 0.717) is 6.61 Å². The molecule has 3 heteroatoms. The Morgan fingerprint density at radius 2 is 1.78 bits per heavy atom. The van der Waals surface area contributed by atoms with Crippen molar-refractivity contribution in [3.05, 3.63) is 53.0 Å². The summed E-state index contributed by atoms with van der Waals surface area (Å²) >= 11 is 3.45. The quantitative estimate of drug-likeness (QED) is 0.850. The number of ether oxygens (including phenoxy) is 1. The summed E-state index contributed by atoms with van der Waals surface area (Å²) in [5.41, 5.74) is 2.29. The van der Waals surface area contributed by atoms with Crippen molar-refractivity contribution in [1.29, 1.82) is 0 Å². The minimum Gasteiger partial charge on any atom is -0.492 e. The van der Waals surface area contributed by atoms with Gasteiger partial charge in [-0.25, -0.2) is 0 Å². The van der Waals surface area contributed by atoms with Gasteiger partial charge in [-0.3, -0.25) is 0 Å². The van der Waals surface area contributed by atoms with Crippen molar-refractivity contribution in [3.8, 4) is 16.9 Å². The van der Waals surface area contributed by atoms with E-state index in [-0.39, 0.29) is 0 Å². The van der Waals surface area contributed by atoms with Crippen LogP contribution in [0.4, 0.5) is 0 Å². The zero-order chi connectivity index (χ0) is 12.8. The first-order chi connectivity index (χ1) is 8.81. The molecule has 0 fully saturated rings. The Morgan fingerprint density at radius 3 is 2.50 bits per heavy atom. The second-order valence-electron chi connectivity index (χ2n) is 3.96. The molecule has 2 aromatic rings. The maximum absolute atomic E-state index is 5.79. The molecule has 0 aliphatic rings. The van der Waals surface area contributed by atoms with E-state index in [1.54, 1.807) is 0 Å². The maximum Gasteiger partial charge on any atom is 0.127 e. The maximum atomic E-state index is 5.79. The molecule has 0 radical (unpaired) electrons. The van der Waals surface area contributed by atoms with Crippen molar-refractivity contribution in [3.63, 3.8) is 0 Å². The zero-order valence-electron chi connectivity index (χ0n) is 10.3. The molecule has 2 aromatic carbocycles. The van der Waals surface area contributed by atoms with Gasteiger partial charge >= 0.3 is 0 Å². The van der Waals surface area contributed by atoms with Gasteiger partial charge in [-0.15, -0.1) is 0 Å². The van der Waals surface area contributed by atoms with E-state index in [4.69, 9.17) is 4.74 Å². The van der Waals surface area contributed by atoms with Crippen LogP contribution < -0.4 is 10.1 Å². The third kappa shape index (κ3) is 3.34. The average molecular weight is 306 g/mol. The van der Waals surface area contributed by atoms with Crippen LogP contribution in [0.2, 0.25) is 0 Å². The van der Waals surface area contributed by atoms with Crippen molar-refractivity contribution in [2.75, 3.05) is 20.2 Å². The van der Waals surface area contributed by atoms with Crippen molar-refractivity contribution in [2.24, 2.45) is 0 Å². The molecule has 0 unspecified atom stereocenters. The van der Waals surface area contributed by atoms with Crippen LogP contribution in [0.25, 0.3) is 11.1 Å². The predicted octanol–water partition coefficient (Wildman–Crippen LogP) is 3.71. The molecule has 0 bridgehead atoms. The highest BCUT2D eigenvalue weighted by atomic mass is 79.9. The van der Waals surface area contributed by atoms with Crippen LogP contribution in [-0.2, 0) is 0 Å². The molecule has 0 aliphatic carbocycles. The highest BCUT2D eigenvalue weighted by Crippen LogP contribution is 2.30. The number of benzene rings is 2. The van der Waals surface area contributed by atoms with Gasteiger partial charge in [0, 0.05) is 16.6 Å². The molecule has 1 N–H and O–H groups in total. The molecule has 0 heterocycles. The monoisotopic (exact) mass is 305 g/mol. The van der Waals surface area contributed by atoms with Gasteiger partial charge in [0.1, 0.15) is 12.4 Å². The number of likely N-dealkylation sites (N-methyl/N-ethyl adjacent to an activating group) is 1. The summed E-state index contributed by atoms with van der Waals surface area (Å²) in [4.78, 5) is 0. The Balaban J connectivity index is 2.23. The number of rotatable bonds is 5. The molecule has 0 saturated heterocycles. The van der Waals surface area contributed by atoms with E-state index in [0.717, 1.165) is 22.3 Å². The molecule has 0 aliphatic heterocycles. The Hall–Kier alpha value is -1.32. The zero-order valence-corrected chi connectivity index (χ0v) is 11.9. The van der Waals surface area contributed by atoms with Gasteiger partial charge in [0.25, 0.3) is 0 Å². The highest BCUT2D eigenvalue weighted by Gasteiger charge is 2.05. The van der Waals surface area contributed by atoms with Gasteiger partial charge in [0.2, 0.25) is 0 Å². The van der Waals surface area contributed by atoms with E-state index in [1.807, 2.05) is 37.4 Å². The van der Waals surface area contributed by atoms with Crippen LogP contribution in [0.5, 0.6) is 5.75 Å². The van der Waals surface area contributed by atoms with Crippen LogP contribution in [0.15, 0.2) is 53.0 Å². The molecule has 0 atom stereocenters. The van der Waals surface area contributed by atoms with Crippen LogP contribution in [0.3, 0.4) is 0 Å². The summed E-state index contributed by atoms with van der Waals surface area (Å²) in [6.45, 7) is 1.51. The minimum atomic E-state index is 0.671. The van der Waals surface area contributed by atoms with Crippen LogP contribution in [-0.4, -0.2) is 20.2 Å². The molecular weight excluding hydrogens is 290 g/mol. The molecule has 2 rings (SSSR count). The van der Waals surface area contributed by atoms with Gasteiger partial charge in [0.15, 0.2) is 0 Å². The summed E-state index contributed by atoms with van der Waals surface area (Å²) in [5.74, 6) is 0.926. The third-order valence-electron chi connectivity index (χ3n) is 2.65.